The molecule has 0 fully saturated rings. The Morgan fingerprint density at radius 1 is 1.00 bits per heavy atom. The number of nitrogens with two attached hydrogens (primary N) is 1. The predicted molar refractivity (Wildman–Crippen MR) is 81.9 cm³/mol. The maximum atomic E-state index is 6.21. The summed E-state index contributed by atoms with van der Waals surface area (Å²) >= 11 is 12.1. The molecule has 2 nitrogen and oxygen atoms in total. The average Bonchev–Trinajstić information content (AvgIpc) is 2.75. The van der Waals surface area contributed by atoms with Gasteiger partial charge in [-0.2, -0.15) is 0 Å². The summed E-state index contributed by atoms with van der Waals surface area (Å²) in [4.78, 5) is 0. The monoisotopic (exact) mass is 290 g/mol. The van der Waals surface area contributed by atoms with Crippen LogP contribution >= 0.6 is 23.2 Å². The fourth-order valence-corrected chi connectivity index (χ4v) is 2.64. The van der Waals surface area contributed by atoms with E-state index >= 15 is 0 Å². The maximum absolute atomic E-state index is 6.21. The first-order valence-corrected chi connectivity index (χ1v) is 6.67. The number of halogens is 2. The van der Waals surface area contributed by atoms with Crippen molar-refractivity contribution < 1.29 is 0 Å². The van der Waals surface area contributed by atoms with Crippen LogP contribution in [0.1, 0.15) is 5.56 Å². The molecular weight excluding hydrogens is 279 g/mol. The van der Waals surface area contributed by atoms with Gasteiger partial charge in [-0.3, -0.25) is 0 Å². The van der Waals surface area contributed by atoms with E-state index in [4.69, 9.17) is 28.9 Å². The van der Waals surface area contributed by atoms with E-state index in [0.29, 0.717) is 16.6 Å². The molecule has 4 heteroatoms. The second kappa shape index (κ2) is 4.80. The van der Waals surface area contributed by atoms with Gasteiger partial charge < -0.3 is 10.3 Å². The normalized spacial score (nSPS) is 11.1. The molecule has 0 aliphatic rings. The smallest absolute Gasteiger partial charge is 0.0504 e. The lowest BCUT2D eigenvalue weighted by molar-refractivity contribution is 0.837. The SMILES string of the molecule is Nc1ccc2ccn(Cc3ccc(Cl)cc3Cl)c2c1. The highest BCUT2D eigenvalue weighted by Gasteiger charge is 2.05. The third kappa shape index (κ3) is 2.42. The van der Waals surface area contributed by atoms with Crippen molar-refractivity contribution in [3.8, 4) is 0 Å². The van der Waals surface area contributed by atoms with Gasteiger partial charge in [-0.1, -0.05) is 35.3 Å². The molecule has 0 aliphatic heterocycles. The Labute approximate surface area is 121 Å². The second-order valence-corrected chi connectivity index (χ2v) is 5.34. The van der Waals surface area contributed by atoms with Crippen LogP contribution in [-0.2, 0) is 6.54 Å². The van der Waals surface area contributed by atoms with Crippen LogP contribution in [0.5, 0.6) is 0 Å². The molecule has 19 heavy (non-hydrogen) atoms. The van der Waals surface area contributed by atoms with Crippen LogP contribution in [0.2, 0.25) is 10.0 Å². The zero-order chi connectivity index (χ0) is 13.4. The van der Waals surface area contributed by atoms with Crippen molar-refractivity contribution in [2.45, 2.75) is 6.54 Å². The molecule has 1 heterocycles. The van der Waals surface area contributed by atoms with Crippen LogP contribution in [0.25, 0.3) is 10.9 Å². The minimum atomic E-state index is 0.648. The highest BCUT2D eigenvalue weighted by molar-refractivity contribution is 6.35. The van der Waals surface area contributed by atoms with E-state index < -0.39 is 0 Å². The van der Waals surface area contributed by atoms with Gasteiger partial charge in [-0.15, -0.1) is 0 Å². The van der Waals surface area contributed by atoms with Crippen molar-refractivity contribution in [2.75, 3.05) is 5.73 Å². The molecule has 3 rings (SSSR count). The third-order valence-electron chi connectivity index (χ3n) is 3.15. The molecule has 2 N–H and O–H groups in total. The molecule has 0 spiro atoms. The molecule has 3 aromatic rings. The topological polar surface area (TPSA) is 30.9 Å². The first kappa shape index (κ1) is 12.4. The number of aromatic nitrogens is 1. The highest BCUT2D eigenvalue weighted by Crippen LogP contribution is 2.24. The molecule has 2 aromatic carbocycles. The average molecular weight is 291 g/mol. The van der Waals surface area contributed by atoms with Gasteiger partial charge in [0.25, 0.3) is 0 Å². The minimum absolute atomic E-state index is 0.648. The van der Waals surface area contributed by atoms with Gasteiger partial charge in [0.2, 0.25) is 0 Å². The van der Waals surface area contributed by atoms with Crippen LogP contribution in [-0.4, -0.2) is 4.57 Å². The Balaban J connectivity index is 2.03. The molecule has 0 saturated carbocycles. The van der Waals surface area contributed by atoms with Crippen molar-refractivity contribution in [3.63, 3.8) is 0 Å². The number of fused-ring (bicyclic) bond motifs is 1. The largest absolute Gasteiger partial charge is 0.399 e. The first-order chi connectivity index (χ1) is 9.13. The van der Waals surface area contributed by atoms with E-state index in [-0.39, 0.29) is 0 Å². The summed E-state index contributed by atoms with van der Waals surface area (Å²) in [6, 6.07) is 13.5. The summed E-state index contributed by atoms with van der Waals surface area (Å²) in [5, 5.41) is 2.49. The van der Waals surface area contributed by atoms with Crippen molar-refractivity contribution in [2.24, 2.45) is 0 Å². The summed E-state index contributed by atoms with van der Waals surface area (Å²) < 4.78 is 2.13. The molecule has 0 bridgehead atoms. The van der Waals surface area contributed by atoms with Gasteiger partial charge in [0.15, 0.2) is 0 Å². The molecule has 0 saturated heterocycles. The van der Waals surface area contributed by atoms with Crippen LogP contribution in [0.3, 0.4) is 0 Å². The standard InChI is InChI=1S/C15H12Cl2N2/c16-12-3-1-11(14(17)7-12)9-19-6-5-10-2-4-13(18)8-15(10)19/h1-8H,9,18H2. The number of hydrogen-bond donors (Lipinski definition) is 1. The van der Waals surface area contributed by atoms with Gasteiger partial charge in [0.05, 0.1) is 5.52 Å². The molecule has 0 atom stereocenters. The lowest BCUT2D eigenvalue weighted by atomic mass is 10.2. The van der Waals surface area contributed by atoms with Crippen LogP contribution in [0, 0.1) is 0 Å². The van der Waals surface area contributed by atoms with Crippen LogP contribution in [0.4, 0.5) is 5.69 Å². The van der Waals surface area contributed by atoms with E-state index in [1.54, 1.807) is 6.07 Å². The summed E-state index contributed by atoms with van der Waals surface area (Å²) in [6.07, 6.45) is 2.04. The highest BCUT2D eigenvalue weighted by atomic mass is 35.5. The third-order valence-corrected chi connectivity index (χ3v) is 3.74. The lowest BCUT2D eigenvalue weighted by Crippen LogP contribution is -1.99. The zero-order valence-electron chi connectivity index (χ0n) is 10.1. The molecule has 0 unspecified atom stereocenters. The number of nitrogen functional groups attached to an aromatic ring is 1. The number of benzene rings is 2. The van der Waals surface area contributed by atoms with Crippen molar-refractivity contribution in [1.29, 1.82) is 0 Å². The quantitative estimate of drug-likeness (QED) is 0.688. The van der Waals surface area contributed by atoms with Crippen LogP contribution < -0.4 is 5.73 Å². The lowest BCUT2D eigenvalue weighted by Gasteiger charge is -2.08. The Bertz CT molecular complexity index is 747. The van der Waals surface area contributed by atoms with E-state index in [1.807, 2.05) is 36.5 Å². The van der Waals surface area contributed by atoms with Gasteiger partial charge >= 0.3 is 0 Å². The summed E-state index contributed by atoms with van der Waals surface area (Å²) in [6.45, 7) is 0.697. The molecule has 0 aliphatic carbocycles. The van der Waals surface area contributed by atoms with Gasteiger partial charge in [-0.25, -0.2) is 0 Å². The fraction of sp³-hybridized carbons (Fsp3) is 0.0667. The molecule has 1 aromatic heterocycles. The summed E-state index contributed by atoms with van der Waals surface area (Å²) in [7, 11) is 0. The number of rotatable bonds is 2. The number of nitrogens with zero attached hydrogens (tertiary/aromatic N) is 1. The summed E-state index contributed by atoms with van der Waals surface area (Å²) in [5.74, 6) is 0. The number of hydrogen-bond acceptors (Lipinski definition) is 1. The Hall–Kier alpha value is -1.64. The Morgan fingerprint density at radius 3 is 2.63 bits per heavy atom. The van der Waals surface area contributed by atoms with Gasteiger partial charge in [0.1, 0.15) is 0 Å². The Kier molecular flexibility index (Phi) is 3.13. The molecule has 0 radical (unpaired) electrons. The molecular formula is C15H12Cl2N2. The van der Waals surface area contributed by atoms with Crippen molar-refractivity contribution in [1.82, 2.24) is 4.57 Å². The van der Waals surface area contributed by atoms with Crippen molar-refractivity contribution >= 4 is 39.8 Å². The van der Waals surface area contributed by atoms with E-state index in [9.17, 15) is 0 Å². The first-order valence-electron chi connectivity index (χ1n) is 5.92. The Morgan fingerprint density at radius 2 is 1.84 bits per heavy atom. The van der Waals surface area contributed by atoms with E-state index in [2.05, 4.69) is 10.6 Å². The minimum Gasteiger partial charge on any atom is -0.399 e. The van der Waals surface area contributed by atoms with Crippen molar-refractivity contribution in [3.05, 3.63) is 64.3 Å². The summed E-state index contributed by atoms with van der Waals surface area (Å²) in [5.41, 5.74) is 8.73. The van der Waals surface area contributed by atoms with Gasteiger partial charge in [0, 0.05) is 28.5 Å². The fourth-order valence-electron chi connectivity index (χ4n) is 2.17. The van der Waals surface area contributed by atoms with Gasteiger partial charge in [-0.05, 0) is 41.3 Å². The van der Waals surface area contributed by atoms with E-state index in [0.717, 1.165) is 16.8 Å². The predicted octanol–water partition coefficient (Wildman–Crippen LogP) is 4.58. The second-order valence-electron chi connectivity index (χ2n) is 4.50. The van der Waals surface area contributed by atoms with Crippen LogP contribution in [0.15, 0.2) is 48.7 Å². The zero-order valence-corrected chi connectivity index (χ0v) is 11.6. The molecule has 0 amide bonds. The maximum Gasteiger partial charge on any atom is 0.0504 e. The molecule has 96 valence electrons. The number of anilines is 1. The van der Waals surface area contributed by atoms with E-state index in [1.165, 1.54) is 5.39 Å².